The second-order valence-electron chi connectivity index (χ2n) is 3.60. The molecule has 4 nitrogen and oxygen atoms in total. The molecule has 4 heteroatoms. The lowest BCUT2D eigenvalue weighted by Gasteiger charge is -2.29. The number of nitrogen functional groups attached to an aromatic ring is 1. The van der Waals surface area contributed by atoms with Gasteiger partial charge in [-0.1, -0.05) is 0 Å². The van der Waals surface area contributed by atoms with Gasteiger partial charge in [0.2, 0.25) is 0 Å². The van der Waals surface area contributed by atoms with E-state index < -0.39 is 0 Å². The number of hydrogen-bond donors (Lipinski definition) is 2. The molecule has 1 aromatic rings. The SMILES string of the molecule is Cc1ccnc(N2CCNCC2)c1N. The fourth-order valence-electron chi connectivity index (χ4n) is 1.68. The molecule has 0 aliphatic carbocycles. The highest BCUT2D eigenvalue weighted by Gasteiger charge is 2.14. The standard InChI is InChI=1S/C10H16N4/c1-8-2-3-13-10(9(8)11)14-6-4-12-5-7-14/h2-3,12H,4-7,11H2,1H3. The lowest BCUT2D eigenvalue weighted by Crippen LogP contribution is -2.44. The predicted octanol–water partition coefficient (Wildman–Crippen LogP) is 0.382. The number of aryl methyl sites for hydroxylation is 1. The Morgan fingerprint density at radius 2 is 2.14 bits per heavy atom. The molecule has 2 heterocycles. The van der Waals surface area contributed by atoms with E-state index in [1.807, 2.05) is 19.2 Å². The summed E-state index contributed by atoms with van der Waals surface area (Å²) < 4.78 is 0. The molecule has 1 fully saturated rings. The van der Waals surface area contributed by atoms with Crippen molar-refractivity contribution < 1.29 is 0 Å². The van der Waals surface area contributed by atoms with E-state index in [4.69, 9.17) is 5.73 Å². The Morgan fingerprint density at radius 1 is 1.43 bits per heavy atom. The molecular formula is C10H16N4. The van der Waals surface area contributed by atoms with E-state index in [1.165, 1.54) is 0 Å². The van der Waals surface area contributed by atoms with Gasteiger partial charge >= 0.3 is 0 Å². The summed E-state index contributed by atoms with van der Waals surface area (Å²) in [5.74, 6) is 0.937. The van der Waals surface area contributed by atoms with Crippen molar-refractivity contribution in [2.24, 2.45) is 0 Å². The Hall–Kier alpha value is -1.29. The molecule has 1 aliphatic heterocycles. The summed E-state index contributed by atoms with van der Waals surface area (Å²) in [6.45, 7) is 6.01. The molecule has 3 N–H and O–H groups in total. The second-order valence-corrected chi connectivity index (χ2v) is 3.60. The van der Waals surface area contributed by atoms with Crippen LogP contribution >= 0.6 is 0 Å². The molecule has 0 atom stereocenters. The van der Waals surface area contributed by atoms with Gasteiger partial charge in [-0.25, -0.2) is 4.98 Å². The van der Waals surface area contributed by atoms with Crippen LogP contribution < -0.4 is 16.0 Å². The maximum atomic E-state index is 5.99. The first-order valence-corrected chi connectivity index (χ1v) is 4.96. The monoisotopic (exact) mass is 192 g/mol. The normalized spacial score (nSPS) is 17.1. The highest BCUT2D eigenvalue weighted by Crippen LogP contribution is 2.23. The largest absolute Gasteiger partial charge is 0.396 e. The first-order valence-electron chi connectivity index (χ1n) is 4.96. The lowest BCUT2D eigenvalue weighted by atomic mass is 10.2. The van der Waals surface area contributed by atoms with Crippen molar-refractivity contribution in [2.75, 3.05) is 36.8 Å². The van der Waals surface area contributed by atoms with E-state index in [1.54, 1.807) is 0 Å². The minimum atomic E-state index is 0.814. The number of nitrogens with zero attached hydrogens (tertiary/aromatic N) is 2. The molecule has 2 rings (SSSR count). The third kappa shape index (κ3) is 1.65. The summed E-state index contributed by atoms with van der Waals surface area (Å²) in [7, 11) is 0. The summed E-state index contributed by atoms with van der Waals surface area (Å²) in [6, 6.07) is 1.95. The van der Waals surface area contributed by atoms with Crippen LogP contribution in [0.2, 0.25) is 0 Å². The van der Waals surface area contributed by atoms with E-state index in [-0.39, 0.29) is 0 Å². The maximum Gasteiger partial charge on any atom is 0.152 e. The Kier molecular flexibility index (Phi) is 2.54. The number of nitrogens with two attached hydrogens (primary N) is 1. The number of pyridine rings is 1. The van der Waals surface area contributed by atoms with Crippen molar-refractivity contribution in [3.8, 4) is 0 Å². The van der Waals surface area contributed by atoms with Gasteiger partial charge in [0.15, 0.2) is 5.82 Å². The first-order chi connectivity index (χ1) is 6.79. The molecule has 1 aromatic heterocycles. The number of aromatic nitrogens is 1. The fourth-order valence-corrected chi connectivity index (χ4v) is 1.68. The fraction of sp³-hybridized carbons (Fsp3) is 0.500. The number of anilines is 2. The van der Waals surface area contributed by atoms with Gasteiger partial charge in [0.05, 0.1) is 5.69 Å². The van der Waals surface area contributed by atoms with Crippen molar-refractivity contribution in [1.82, 2.24) is 10.3 Å². The average Bonchev–Trinajstić information content (AvgIpc) is 2.23. The zero-order chi connectivity index (χ0) is 9.97. The number of rotatable bonds is 1. The number of nitrogens with one attached hydrogen (secondary N) is 1. The summed E-state index contributed by atoms with van der Waals surface area (Å²) in [4.78, 5) is 6.57. The van der Waals surface area contributed by atoms with Crippen LogP contribution in [0, 0.1) is 6.92 Å². The van der Waals surface area contributed by atoms with Crippen molar-refractivity contribution in [2.45, 2.75) is 6.92 Å². The molecule has 76 valence electrons. The molecule has 0 radical (unpaired) electrons. The summed E-state index contributed by atoms with van der Waals surface area (Å²) in [6.07, 6.45) is 1.82. The van der Waals surface area contributed by atoms with E-state index in [0.29, 0.717) is 0 Å². The van der Waals surface area contributed by atoms with Crippen LogP contribution in [0.15, 0.2) is 12.3 Å². The van der Waals surface area contributed by atoms with Gasteiger partial charge in [-0.3, -0.25) is 0 Å². The highest BCUT2D eigenvalue weighted by molar-refractivity contribution is 5.66. The molecule has 0 saturated carbocycles. The molecule has 0 unspecified atom stereocenters. The van der Waals surface area contributed by atoms with E-state index in [0.717, 1.165) is 43.2 Å². The quantitative estimate of drug-likeness (QED) is 0.675. The number of hydrogen-bond acceptors (Lipinski definition) is 4. The van der Waals surface area contributed by atoms with Crippen LogP contribution in [0.3, 0.4) is 0 Å². The Balaban J connectivity index is 2.26. The third-order valence-corrected chi connectivity index (χ3v) is 2.60. The molecule has 0 aromatic carbocycles. The molecule has 1 saturated heterocycles. The average molecular weight is 192 g/mol. The second kappa shape index (κ2) is 3.84. The zero-order valence-electron chi connectivity index (χ0n) is 8.45. The van der Waals surface area contributed by atoms with Gasteiger partial charge in [-0.2, -0.15) is 0 Å². The Labute approximate surface area is 84.1 Å². The van der Waals surface area contributed by atoms with Crippen LogP contribution in [0.5, 0.6) is 0 Å². The van der Waals surface area contributed by atoms with Crippen molar-refractivity contribution in [1.29, 1.82) is 0 Å². The number of piperazine rings is 1. The van der Waals surface area contributed by atoms with Crippen molar-refractivity contribution in [3.05, 3.63) is 17.8 Å². The van der Waals surface area contributed by atoms with Crippen LogP contribution in [0.25, 0.3) is 0 Å². The summed E-state index contributed by atoms with van der Waals surface area (Å²) >= 11 is 0. The van der Waals surface area contributed by atoms with Gasteiger partial charge in [0, 0.05) is 32.4 Å². The Morgan fingerprint density at radius 3 is 2.86 bits per heavy atom. The highest BCUT2D eigenvalue weighted by atomic mass is 15.2. The smallest absolute Gasteiger partial charge is 0.152 e. The van der Waals surface area contributed by atoms with Crippen LogP contribution in [-0.4, -0.2) is 31.2 Å². The van der Waals surface area contributed by atoms with Crippen LogP contribution in [0.1, 0.15) is 5.56 Å². The first kappa shape index (κ1) is 9.27. The molecule has 1 aliphatic rings. The van der Waals surface area contributed by atoms with Gasteiger partial charge in [0.1, 0.15) is 0 Å². The summed E-state index contributed by atoms with van der Waals surface area (Å²) in [5.41, 5.74) is 7.91. The third-order valence-electron chi connectivity index (χ3n) is 2.60. The molecule has 0 amide bonds. The zero-order valence-corrected chi connectivity index (χ0v) is 8.45. The van der Waals surface area contributed by atoms with E-state index >= 15 is 0 Å². The minimum Gasteiger partial charge on any atom is -0.396 e. The Bertz CT molecular complexity index is 318. The molecular weight excluding hydrogens is 176 g/mol. The van der Waals surface area contributed by atoms with Crippen molar-refractivity contribution >= 4 is 11.5 Å². The van der Waals surface area contributed by atoms with E-state index in [9.17, 15) is 0 Å². The lowest BCUT2D eigenvalue weighted by molar-refractivity contribution is 0.585. The van der Waals surface area contributed by atoms with Crippen LogP contribution in [0.4, 0.5) is 11.5 Å². The van der Waals surface area contributed by atoms with E-state index in [2.05, 4.69) is 15.2 Å². The molecule has 0 spiro atoms. The summed E-state index contributed by atoms with van der Waals surface area (Å²) in [5, 5.41) is 3.31. The van der Waals surface area contributed by atoms with Gasteiger partial charge in [-0.05, 0) is 18.6 Å². The van der Waals surface area contributed by atoms with Crippen molar-refractivity contribution in [3.63, 3.8) is 0 Å². The predicted molar refractivity (Wildman–Crippen MR) is 58.5 cm³/mol. The minimum absolute atomic E-state index is 0.814. The van der Waals surface area contributed by atoms with Gasteiger partial charge in [0.25, 0.3) is 0 Å². The topological polar surface area (TPSA) is 54.2 Å². The van der Waals surface area contributed by atoms with Gasteiger partial charge in [-0.15, -0.1) is 0 Å². The molecule has 0 bridgehead atoms. The molecule has 14 heavy (non-hydrogen) atoms. The maximum absolute atomic E-state index is 5.99. The van der Waals surface area contributed by atoms with Gasteiger partial charge < -0.3 is 16.0 Å². The van der Waals surface area contributed by atoms with Crippen LogP contribution in [-0.2, 0) is 0 Å².